The molecule has 2 saturated heterocycles. The van der Waals surface area contributed by atoms with Crippen LogP contribution in [0.5, 0.6) is 0 Å². The van der Waals surface area contributed by atoms with Crippen molar-refractivity contribution in [2.45, 2.75) is 12.4 Å². The molecular formula is C14H22Cl2F6N2O4. The number of alkyl halides is 6. The Morgan fingerprint density at radius 3 is 1.21 bits per heavy atom. The van der Waals surface area contributed by atoms with Crippen molar-refractivity contribution in [1.82, 2.24) is 10.6 Å². The minimum Gasteiger partial charge on any atom is -0.469 e. The molecule has 0 aromatic carbocycles. The number of nitrogens with one attached hydrogen (secondary N) is 2. The lowest BCUT2D eigenvalue weighted by Gasteiger charge is -2.18. The molecule has 0 radical (unpaired) electrons. The fraction of sp³-hybridized carbons (Fsp3) is 0.857. The molecular weight excluding hydrogens is 445 g/mol. The highest BCUT2D eigenvalue weighted by molar-refractivity contribution is 5.85. The molecule has 14 heteroatoms. The van der Waals surface area contributed by atoms with Crippen molar-refractivity contribution in [2.75, 3.05) is 40.4 Å². The number of methoxy groups -OCH3 is 2. The van der Waals surface area contributed by atoms with Crippen LogP contribution in [0.15, 0.2) is 0 Å². The second-order valence-electron chi connectivity index (χ2n) is 5.87. The zero-order valence-electron chi connectivity index (χ0n) is 14.9. The molecule has 2 aliphatic heterocycles. The van der Waals surface area contributed by atoms with Gasteiger partial charge in [-0.3, -0.25) is 9.59 Å². The Kier molecular flexibility index (Phi) is 12.4. The van der Waals surface area contributed by atoms with Crippen LogP contribution >= 0.6 is 24.8 Å². The van der Waals surface area contributed by atoms with Crippen molar-refractivity contribution in [2.24, 2.45) is 23.7 Å². The van der Waals surface area contributed by atoms with E-state index in [4.69, 9.17) is 0 Å². The average molecular weight is 467 g/mol. The summed E-state index contributed by atoms with van der Waals surface area (Å²) in [5, 5.41) is 5.05. The van der Waals surface area contributed by atoms with Gasteiger partial charge in [-0.15, -0.1) is 24.8 Å². The maximum atomic E-state index is 12.3. The van der Waals surface area contributed by atoms with Crippen LogP contribution in [0.2, 0.25) is 0 Å². The van der Waals surface area contributed by atoms with E-state index in [1.807, 2.05) is 0 Å². The minimum atomic E-state index is -4.33. The van der Waals surface area contributed by atoms with Gasteiger partial charge in [0.1, 0.15) is 0 Å². The molecule has 0 spiro atoms. The topological polar surface area (TPSA) is 76.7 Å². The number of halogens is 8. The van der Waals surface area contributed by atoms with E-state index in [1.54, 1.807) is 0 Å². The number of rotatable bonds is 2. The van der Waals surface area contributed by atoms with Crippen LogP contribution < -0.4 is 10.6 Å². The third kappa shape index (κ3) is 7.80. The van der Waals surface area contributed by atoms with Crippen LogP contribution in [-0.2, 0) is 19.1 Å². The van der Waals surface area contributed by atoms with Gasteiger partial charge >= 0.3 is 24.3 Å². The predicted molar refractivity (Wildman–Crippen MR) is 90.3 cm³/mol. The van der Waals surface area contributed by atoms with E-state index < -0.39 is 48.0 Å². The van der Waals surface area contributed by atoms with Gasteiger partial charge in [0.2, 0.25) is 0 Å². The van der Waals surface area contributed by atoms with Crippen LogP contribution in [0, 0.1) is 23.7 Å². The summed E-state index contributed by atoms with van der Waals surface area (Å²) in [5.74, 6) is -7.01. The van der Waals surface area contributed by atoms with Gasteiger partial charge in [0, 0.05) is 26.2 Å². The highest BCUT2D eigenvalue weighted by atomic mass is 35.5. The van der Waals surface area contributed by atoms with E-state index in [0.717, 1.165) is 14.2 Å². The lowest BCUT2D eigenvalue weighted by molar-refractivity contribution is -0.188. The minimum absolute atomic E-state index is 0. The summed E-state index contributed by atoms with van der Waals surface area (Å²) in [5.41, 5.74) is 0. The molecule has 2 rings (SSSR count). The second kappa shape index (κ2) is 11.9. The largest absolute Gasteiger partial charge is 0.469 e. The Balaban J connectivity index is 0. The smallest absolute Gasteiger partial charge is 0.393 e. The Morgan fingerprint density at radius 1 is 0.714 bits per heavy atom. The van der Waals surface area contributed by atoms with Crippen LogP contribution in [0.25, 0.3) is 0 Å². The predicted octanol–water partition coefficient (Wildman–Crippen LogP) is 1.96. The van der Waals surface area contributed by atoms with E-state index in [0.29, 0.717) is 0 Å². The molecule has 0 aromatic heterocycles. The number of ether oxygens (including phenoxy) is 2. The van der Waals surface area contributed by atoms with Crippen LogP contribution in [0.3, 0.4) is 0 Å². The normalized spacial score (nSPS) is 26.9. The lowest BCUT2D eigenvalue weighted by atomic mass is 9.96. The number of esters is 2. The first kappa shape index (κ1) is 29.2. The summed E-state index contributed by atoms with van der Waals surface area (Å²) in [4.78, 5) is 21.8. The average Bonchev–Trinajstić information content (AvgIpc) is 3.21. The maximum absolute atomic E-state index is 12.3. The number of carbonyl (C=O) groups excluding carboxylic acids is 2. The van der Waals surface area contributed by atoms with Crippen molar-refractivity contribution in [3.05, 3.63) is 0 Å². The monoisotopic (exact) mass is 466 g/mol. The molecule has 0 aliphatic carbocycles. The van der Waals surface area contributed by atoms with Crippen LogP contribution in [-0.4, -0.2) is 64.7 Å². The maximum Gasteiger partial charge on any atom is 0.393 e. The van der Waals surface area contributed by atoms with Gasteiger partial charge in [-0.2, -0.15) is 26.3 Å². The first-order valence-electron chi connectivity index (χ1n) is 7.64. The molecule has 0 saturated carbocycles. The van der Waals surface area contributed by atoms with Crippen LogP contribution in [0.1, 0.15) is 0 Å². The summed E-state index contributed by atoms with van der Waals surface area (Å²) in [6, 6.07) is 0. The number of carbonyl (C=O) groups is 2. The van der Waals surface area contributed by atoms with Gasteiger partial charge in [-0.25, -0.2) is 0 Å². The van der Waals surface area contributed by atoms with Crippen molar-refractivity contribution >= 4 is 36.8 Å². The summed E-state index contributed by atoms with van der Waals surface area (Å²) in [6.07, 6.45) is -8.66. The van der Waals surface area contributed by atoms with Crippen molar-refractivity contribution in [3.63, 3.8) is 0 Å². The van der Waals surface area contributed by atoms with Gasteiger partial charge in [0.25, 0.3) is 0 Å². The zero-order chi connectivity index (χ0) is 20.1. The van der Waals surface area contributed by atoms with Gasteiger partial charge < -0.3 is 20.1 Å². The van der Waals surface area contributed by atoms with E-state index >= 15 is 0 Å². The Hall–Kier alpha value is -0.980. The SMILES string of the molecule is COC(=O)[C@@H]1CNC[C@H]1C(F)(F)F.COC(=O)[C@H]1CNC[C@@H]1C(F)(F)F.Cl.Cl. The second-order valence-corrected chi connectivity index (χ2v) is 5.87. The van der Waals surface area contributed by atoms with Gasteiger partial charge in [0.15, 0.2) is 0 Å². The summed E-state index contributed by atoms with van der Waals surface area (Å²) in [6.45, 7) is -0.333. The molecule has 0 aromatic rings. The highest BCUT2D eigenvalue weighted by Gasteiger charge is 2.51. The van der Waals surface area contributed by atoms with E-state index in [1.165, 1.54) is 0 Å². The Labute approximate surface area is 169 Å². The molecule has 2 fully saturated rings. The molecule has 6 nitrogen and oxygen atoms in total. The molecule has 0 amide bonds. The summed E-state index contributed by atoms with van der Waals surface area (Å²) in [7, 11) is 2.18. The third-order valence-electron chi connectivity index (χ3n) is 4.28. The van der Waals surface area contributed by atoms with Gasteiger partial charge in [-0.1, -0.05) is 0 Å². The molecule has 168 valence electrons. The zero-order valence-corrected chi connectivity index (χ0v) is 16.5. The fourth-order valence-corrected chi connectivity index (χ4v) is 2.84. The summed E-state index contributed by atoms with van der Waals surface area (Å²) < 4.78 is 82.1. The molecule has 2 aliphatic rings. The van der Waals surface area contributed by atoms with Crippen molar-refractivity contribution in [3.8, 4) is 0 Å². The highest BCUT2D eigenvalue weighted by Crippen LogP contribution is 2.35. The van der Waals surface area contributed by atoms with Gasteiger partial charge in [0.05, 0.1) is 37.9 Å². The molecule has 2 N–H and O–H groups in total. The summed E-state index contributed by atoms with van der Waals surface area (Å²) >= 11 is 0. The first-order chi connectivity index (χ1) is 11.9. The fourth-order valence-electron chi connectivity index (χ4n) is 2.84. The molecule has 28 heavy (non-hydrogen) atoms. The first-order valence-corrected chi connectivity index (χ1v) is 7.64. The van der Waals surface area contributed by atoms with Crippen molar-refractivity contribution < 1.29 is 45.4 Å². The third-order valence-corrected chi connectivity index (χ3v) is 4.28. The standard InChI is InChI=1S/2C7H10F3NO2.2ClH/c2*1-13-6(12)4-2-11-3-5(4)7(8,9)10;;/h2*4-5,11H,2-3H2,1H3;2*1H/t2*4-,5-;;/m10../s1. The van der Waals surface area contributed by atoms with Crippen molar-refractivity contribution in [1.29, 1.82) is 0 Å². The number of hydrogen-bond donors (Lipinski definition) is 2. The molecule has 4 atom stereocenters. The molecule has 2 heterocycles. The quantitative estimate of drug-likeness (QED) is 0.478. The molecule has 0 unspecified atom stereocenters. The Bertz CT molecular complexity index is 463. The number of hydrogen-bond acceptors (Lipinski definition) is 6. The Morgan fingerprint density at radius 2 is 1.00 bits per heavy atom. The van der Waals surface area contributed by atoms with E-state index in [2.05, 4.69) is 20.1 Å². The molecule has 0 bridgehead atoms. The lowest BCUT2D eigenvalue weighted by Crippen LogP contribution is -2.34. The van der Waals surface area contributed by atoms with E-state index in [-0.39, 0.29) is 51.0 Å². The van der Waals surface area contributed by atoms with Gasteiger partial charge in [-0.05, 0) is 0 Å². The van der Waals surface area contributed by atoms with Crippen LogP contribution in [0.4, 0.5) is 26.3 Å². The van der Waals surface area contributed by atoms with E-state index in [9.17, 15) is 35.9 Å².